The third-order valence-corrected chi connectivity index (χ3v) is 2.95. The maximum atomic E-state index is 12.1. The highest BCUT2D eigenvalue weighted by atomic mass is 16.2. The Labute approximate surface area is 117 Å². The average Bonchev–Trinajstić information content (AvgIpc) is 2.48. The van der Waals surface area contributed by atoms with Crippen molar-refractivity contribution in [2.75, 3.05) is 0 Å². The minimum absolute atomic E-state index is 0.0720. The Morgan fingerprint density at radius 2 is 1.50 bits per heavy atom. The molecule has 0 aliphatic heterocycles. The highest BCUT2D eigenvalue weighted by Gasteiger charge is 2.17. The van der Waals surface area contributed by atoms with Gasteiger partial charge in [0, 0.05) is 5.56 Å². The van der Waals surface area contributed by atoms with Gasteiger partial charge in [-0.1, -0.05) is 48.5 Å². The van der Waals surface area contributed by atoms with Crippen LogP contribution < -0.4 is 11.1 Å². The predicted molar refractivity (Wildman–Crippen MR) is 76.9 cm³/mol. The third kappa shape index (κ3) is 3.68. The van der Waals surface area contributed by atoms with Crippen LogP contribution in [-0.4, -0.2) is 11.8 Å². The lowest BCUT2D eigenvalue weighted by molar-refractivity contribution is -0.118. The fraction of sp³-hybridized carbons (Fsp3) is 0.125. The molecular formula is C16H16N2O2. The van der Waals surface area contributed by atoms with E-state index in [0.717, 1.165) is 5.56 Å². The summed E-state index contributed by atoms with van der Waals surface area (Å²) < 4.78 is 0. The van der Waals surface area contributed by atoms with Crippen LogP contribution in [0.1, 0.15) is 28.4 Å². The molecule has 20 heavy (non-hydrogen) atoms. The Morgan fingerprint density at radius 3 is 2.05 bits per heavy atom. The smallest absolute Gasteiger partial charge is 0.251 e. The van der Waals surface area contributed by atoms with Gasteiger partial charge in [-0.2, -0.15) is 0 Å². The number of nitrogens with one attached hydrogen (secondary N) is 1. The summed E-state index contributed by atoms with van der Waals surface area (Å²) in [5.74, 6) is -0.673. The highest BCUT2D eigenvalue weighted by Crippen LogP contribution is 2.17. The first-order valence-corrected chi connectivity index (χ1v) is 6.36. The zero-order chi connectivity index (χ0) is 14.4. The van der Waals surface area contributed by atoms with Crippen molar-refractivity contribution in [1.29, 1.82) is 0 Å². The minimum atomic E-state index is -0.452. The number of amides is 2. The van der Waals surface area contributed by atoms with E-state index < -0.39 is 11.9 Å². The zero-order valence-electron chi connectivity index (χ0n) is 11.0. The Bertz CT molecular complexity index is 582. The van der Waals surface area contributed by atoms with Crippen LogP contribution in [0.25, 0.3) is 0 Å². The number of carbonyl (C=O) groups excluding carboxylic acids is 2. The molecule has 4 nitrogen and oxygen atoms in total. The minimum Gasteiger partial charge on any atom is -0.370 e. The SMILES string of the molecule is NC(=O)C[C@H](NC(=O)c1ccccc1)c1ccccc1. The van der Waals surface area contributed by atoms with Gasteiger partial charge in [0.15, 0.2) is 0 Å². The molecule has 0 bridgehead atoms. The van der Waals surface area contributed by atoms with E-state index in [4.69, 9.17) is 5.73 Å². The topological polar surface area (TPSA) is 72.2 Å². The Hall–Kier alpha value is -2.62. The molecule has 2 aromatic carbocycles. The molecule has 0 radical (unpaired) electrons. The number of rotatable bonds is 5. The number of benzene rings is 2. The maximum absolute atomic E-state index is 12.1. The number of primary amides is 1. The second kappa shape index (κ2) is 6.52. The molecule has 1 atom stereocenters. The van der Waals surface area contributed by atoms with E-state index in [1.807, 2.05) is 36.4 Å². The molecule has 0 heterocycles. The summed E-state index contributed by atoms with van der Waals surface area (Å²) in [7, 11) is 0. The summed E-state index contributed by atoms with van der Waals surface area (Å²) >= 11 is 0. The lowest BCUT2D eigenvalue weighted by atomic mass is 10.0. The van der Waals surface area contributed by atoms with Crippen molar-refractivity contribution in [3.63, 3.8) is 0 Å². The highest BCUT2D eigenvalue weighted by molar-refractivity contribution is 5.94. The van der Waals surface area contributed by atoms with Gasteiger partial charge in [-0.25, -0.2) is 0 Å². The first-order chi connectivity index (χ1) is 9.66. The van der Waals surface area contributed by atoms with Crippen LogP contribution in [0.2, 0.25) is 0 Å². The van der Waals surface area contributed by atoms with Gasteiger partial charge >= 0.3 is 0 Å². The molecule has 0 saturated heterocycles. The van der Waals surface area contributed by atoms with Crippen LogP contribution in [0.4, 0.5) is 0 Å². The number of nitrogens with two attached hydrogens (primary N) is 1. The summed E-state index contributed by atoms with van der Waals surface area (Å²) in [5, 5.41) is 2.84. The molecule has 102 valence electrons. The summed E-state index contributed by atoms with van der Waals surface area (Å²) in [6.45, 7) is 0. The first-order valence-electron chi connectivity index (χ1n) is 6.36. The van der Waals surface area contributed by atoms with Gasteiger partial charge in [-0.3, -0.25) is 9.59 Å². The molecular weight excluding hydrogens is 252 g/mol. The van der Waals surface area contributed by atoms with Crippen molar-refractivity contribution < 1.29 is 9.59 Å². The molecule has 3 N–H and O–H groups in total. The van der Waals surface area contributed by atoms with Gasteiger partial charge in [-0.05, 0) is 17.7 Å². The van der Waals surface area contributed by atoms with E-state index in [9.17, 15) is 9.59 Å². The van der Waals surface area contributed by atoms with Crippen molar-refractivity contribution in [1.82, 2.24) is 5.32 Å². The molecule has 0 saturated carbocycles. The fourth-order valence-electron chi connectivity index (χ4n) is 1.97. The van der Waals surface area contributed by atoms with Crippen molar-refractivity contribution in [3.8, 4) is 0 Å². The molecule has 2 rings (SSSR count). The summed E-state index contributed by atoms with van der Waals surface area (Å²) in [6.07, 6.45) is 0.0720. The third-order valence-electron chi connectivity index (χ3n) is 2.95. The molecule has 0 aliphatic rings. The largest absolute Gasteiger partial charge is 0.370 e. The van der Waals surface area contributed by atoms with Gasteiger partial charge < -0.3 is 11.1 Å². The lowest BCUT2D eigenvalue weighted by Crippen LogP contribution is -2.31. The van der Waals surface area contributed by atoms with Crippen LogP contribution in [0, 0.1) is 0 Å². The van der Waals surface area contributed by atoms with Crippen LogP contribution in [0.5, 0.6) is 0 Å². The normalized spacial score (nSPS) is 11.6. The van der Waals surface area contributed by atoms with E-state index in [1.54, 1.807) is 24.3 Å². The van der Waals surface area contributed by atoms with Crippen molar-refractivity contribution >= 4 is 11.8 Å². The molecule has 0 aliphatic carbocycles. The monoisotopic (exact) mass is 268 g/mol. The molecule has 0 aromatic heterocycles. The zero-order valence-corrected chi connectivity index (χ0v) is 11.0. The lowest BCUT2D eigenvalue weighted by Gasteiger charge is -2.17. The van der Waals surface area contributed by atoms with E-state index in [2.05, 4.69) is 5.32 Å². The summed E-state index contributed by atoms with van der Waals surface area (Å²) in [4.78, 5) is 23.3. The van der Waals surface area contributed by atoms with Gasteiger partial charge in [-0.15, -0.1) is 0 Å². The summed E-state index contributed by atoms with van der Waals surface area (Å²) in [6, 6.07) is 17.8. The van der Waals surface area contributed by atoms with Gasteiger partial charge in [0.2, 0.25) is 5.91 Å². The Morgan fingerprint density at radius 1 is 0.950 bits per heavy atom. The number of hydrogen-bond acceptors (Lipinski definition) is 2. The second-order valence-electron chi connectivity index (χ2n) is 4.47. The fourth-order valence-corrected chi connectivity index (χ4v) is 1.97. The number of hydrogen-bond donors (Lipinski definition) is 2. The molecule has 0 fully saturated rings. The van der Waals surface area contributed by atoms with Crippen molar-refractivity contribution in [2.45, 2.75) is 12.5 Å². The maximum Gasteiger partial charge on any atom is 0.251 e. The van der Waals surface area contributed by atoms with Crippen LogP contribution in [0.3, 0.4) is 0 Å². The Kier molecular flexibility index (Phi) is 4.50. The summed E-state index contributed by atoms with van der Waals surface area (Å²) in [5.41, 5.74) is 6.67. The Balaban J connectivity index is 2.16. The number of carbonyl (C=O) groups is 2. The second-order valence-corrected chi connectivity index (χ2v) is 4.47. The van der Waals surface area contributed by atoms with E-state index in [1.165, 1.54) is 0 Å². The quantitative estimate of drug-likeness (QED) is 0.871. The average molecular weight is 268 g/mol. The first kappa shape index (κ1) is 13.8. The van der Waals surface area contributed by atoms with E-state index in [-0.39, 0.29) is 12.3 Å². The predicted octanol–water partition coefficient (Wildman–Crippen LogP) is 2.03. The molecule has 0 spiro atoms. The molecule has 0 unspecified atom stereocenters. The van der Waals surface area contributed by atoms with Gasteiger partial charge in [0.05, 0.1) is 12.5 Å². The molecule has 2 amide bonds. The molecule has 4 heteroatoms. The molecule has 2 aromatic rings. The van der Waals surface area contributed by atoms with Crippen molar-refractivity contribution in [2.24, 2.45) is 5.73 Å². The van der Waals surface area contributed by atoms with Crippen LogP contribution in [-0.2, 0) is 4.79 Å². The van der Waals surface area contributed by atoms with Crippen LogP contribution >= 0.6 is 0 Å². The van der Waals surface area contributed by atoms with Crippen LogP contribution in [0.15, 0.2) is 60.7 Å². The van der Waals surface area contributed by atoms with Gasteiger partial charge in [0.25, 0.3) is 5.91 Å². The van der Waals surface area contributed by atoms with Gasteiger partial charge in [0.1, 0.15) is 0 Å². The standard InChI is InChI=1S/C16H16N2O2/c17-15(19)11-14(12-7-3-1-4-8-12)18-16(20)13-9-5-2-6-10-13/h1-10,14H,11H2,(H2,17,19)(H,18,20)/t14-/m0/s1. The van der Waals surface area contributed by atoms with Crippen molar-refractivity contribution in [3.05, 3.63) is 71.8 Å². The van der Waals surface area contributed by atoms with E-state index in [0.29, 0.717) is 5.56 Å². The van der Waals surface area contributed by atoms with E-state index >= 15 is 0 Å².